The van der Waals surface area contributed by atoms with Crippen LogP contribution in [-0.4, -0.2) is 37.3 Å². The molecule has 122 valence electrons. The largest absolute Gasteiger partial charge is 0.427 e. The molecule has 0 bridgehead atoms. The van der Waals surface area contributed by atoms with E-state index in [0.717, 1.165) is 42.3 Å². The zero-order chi connectivity index (χ0) is 16.4. The highest BCUT2D eigenvalue weighted by molar-refractivity contribution is 6.07. The number of hydrogen-bond acceptors (Lipinski definition) is 4. The van der Waals surface area contributed by atoms with Crippen molar-refractivity contribution in [3.05, 3.63) is 54.6 Å². The second-order valence-corrected chi connectivity index (χ2v) is 5.91. The van der Waals surface area contributed by atoms with E-state index in [-0.39, 0.29) is 0 Å². The third-order valence-corrected chi connectivity index (χ3v) is 4.30. The molecule has 0 spiro atoms. The van der Waals surface area contributed by atoms with Gasteiger partial charge in [-0.25, -0.2) is 9.80 Å². The molecule has 0 aromatic heterocycles. The van der Waals surface area contributed by atoms with E-state index in [0.29, 0.717) is 5.75 Å². The van der Waals surface area contributed by atoms with Gasteiger partial charge < -0.3 is 10.1 Å². The number of hydrogen-bond donors (Lipinski definition) is 2. The normalized spacial score (nSPS) is 15.5. The van der Waals surface area contributed by atoms with Crippen molar-refractivity contribution in [2.24, 2.45) is 0 Å². The molecule has 24 heavy (non-hydrogen) atoms. The van der Waals surface area contributed by atoms with E-state index in [2.05, 4.69) is 35.0 Å². The molecular formula is C19H19N3O2. The van der Waals surface area contributed by atoms with Crippen LogP contribution in [0.15, 0.2) is 54.6 Å². The van der Waals surface area contributed by atoms with Gasteiger partial charge in [-0.15, -0.1) is 0 Å². The van der Waals surface area contributed by atoms with Crippen LogP contribution in [0.2, 0.25) is 0 Å². The second kappa shape index (κ2) is 6.47. The molecule has 0 radical (unpaired) electrons. The monoisotopic (exact) mass is 321 g/mol. The van der Waals surface area contributed by atoms with Crippen LogP contribution in [0.3, 0.4) is 0 Å². The minimum Gasteiger partial charge on any atom is -0.409 e. The van der Waals surface area contributed by atoms with Gasteiger partial charge in [-0.2, -0.15) is 0 Å². The molecule has 3 aromatic carbocycles. The Labute approximate surface area is 140 Å². The fourth-order valence-electron chi connectivity index (χ4n) is 3.08. The average molecular weight is 321 g/mol. The summed E-state index contributed by atoms with van der Waals surface area (Å²) in [5, 5.41) is 9.65. The number of piperazine rings is 1. The van der Waals surface area contributed by atoms with E-state index in [9.17, 15) is 4.79 Å². The molecule has 0 aliphatic carbocycles. The molecular weight excluding hydrogens is 302 g/mol. The zero-order valence-electron chi connectivity index (χ0n) is 13.3. The van der Waals surface area contributed by atoms with Crippen LogP contribution in [-0.2, 0) is 0 Å². The van der Waals surface area contributed by atoms with Gasteiger partial charge in [-0.1, -0.05) is 42.5 Å². The van der Waals surface area contributed by atoms with E-state index >= 15 is 0 Å². The smallest absolute Gasteiger partial charge is 0.409 e. The first-order valence-corrected chi connectivity index (χ1v) is 8.15. The molecule has 1 aliphatic heterocycles. The van der Waals surface area contributed by atoms with Crippen molar-refractivity contribution >= 4 is 27.6 Å². The number of nitrogens with one attached hydrogen (secondary N) is 2. The van der Waals surface area contributed by atoms with E-state index in [1.165, 1.54) is 5.39 Å². The van der Waals surface area contributed by atoms with Crippen molar-refractivity contribution in [3.63, 3.8) is 0 Å². The van der Waals surface area contributed by atoms with Gasteiger partial charge in [0.2, 0.25) is 0 Å². The van der Waals surface area contributed by atoms with Crippen molar-refractivity contribution in [2.45, 2.75) is 0 Å². The van der Waals surface area contributed by atoms with Crippen LogP contribution in [0.4, 0.5) is 4.79 Å². The summed E-state index contributed by atoms with van der Waals surface area (Å²) in [6.45, 7) is 3.28. The number of carbonyl (C=O) groups excluding carboxylic acids is 1. The van der Waals surface area contributed by atoms with Gasteiger partial charge in [0.05, 0.1) is 0 Å². The van der Waals surface area contributed by atoms with E-state index in [1.54, 1.807) is 0 Å². The lowest BCUT2D eigenvalue weighted by Gasteiger charge is -2.26. The predicted octanol–water partition coefficient (Wildman–Crippen LogP) is 2.90. The van der Waals surface area contributed by atoms with Crippen LogP contribution in [0.5, 0.6) is 5.75 Å². The minimum absolute atomic E-state index is 0.448. The van der Waals surface area contributed by atoms with Gasteiger partial charge in [0, 0.05) is 26.2 Å². The van der Waals surface area contributed by atoms with Crippen molar-refractivity contribution in [2.75, 3.05) is 26.2 Å². The van der Waals surface area contributed by atoms with Crippen LogP contribution in [0, 0.1) is 0 Å². The molecule has 5 heteroatoms. The molecule has 3 aromatic rings. The molecule has 1 heterocycles. The minimum atomic E-state index is -0.448. The number of fused-ring (bicyclic) bond motifs is 3. The van der Waals surface area contributed by atoms with Crippen molar-refractivity contribution in [1.82, 2.24) is 15.8 Å². The van der Waals surface area contributed by atoms with Gasteiger partial charge in [0.25, 0.3) is 0 Å². The number of carbonyl (C=O) groups is 1. The highest BCUT2D eigenvalue weighted by Crippen LogP contribution is 2.28. The van der Waals surface area contributed by atoms with Crippen LogP contribution in [0.1, 0.15) is 0 Å². The summed E-state index contributed by atoms with van der Waals surface area (Å²) in [7, 11) is 0. The third-order valence-electron chi connectivity index (χ3n) is 4.30. The Morgan fingerprint density at radius 1 is 0.958 bits per heavy atom. The van der Waals surface area contributed by atoms with Gasteiger partial charge in [0.1, 0.15) is 5.75 Å². The summed E-state index contributed by atoms with van der Waals surface area (Å²) in [5.74, 6) is 0.548. The Morgan fingerprint density at radius 2 is 1.67 bits per heavy atom. The van der Waals surface area contributed by atoms with Gasteiger partial charge in [-0.05, 0) is 33.7 Å². The molecule has 0 atom stereocenters. The summed E-state index contributed by atoms with van der Waals surface area (Å²) in [6.07, 6.45) is -0.448. The van der Waals surface area contributed by atoms with E-state index in [4.69, 9.17) is 4.74 Å². The number of hydrazine groups is 1. The topological polar surface area (TPSA) is 53.6 Å². The van der Waals surface area contributed by atoms with Gasteiger partial charge in [-0.3, -0.25) is 5.43 Å². The van der Waals surface area contributed by atoms with Crippen LogP contribution >= 0.6 is 0 Å². The number of benzene rings is 3. The third kappa shape index (κ3) is 3.04. The summed E-state index contributed by atoms with van der Waals surface area (Å²) in [5.41, 5.74) is 2.78. The first-order chi connectivity index (χ1) is 11.8. The van der Waals surface area contributed by atoms with Crippen molar-refractivity contribution in [3.8, 4) is 5.75 Å². The fourth-order valence-corrected chi connectivity index (χ4v) is 3.08. The standard InChI is InChI=1S/C19H19N3O2/c23-19(21-22-11-9-20-10-12-22)24-16-8-7-15-6-5-14-3-1-2-4-17(14)18(15)13-16/h1-8,13,20H,9-12H2,(H,21,23). The number of amides is 1. The maximum absolute atomic E-state index is 12.1. The summed E-state index contributed by atoms with van der Waals surface area (Å²) in [6, 6.07) is 18.1. The summed E-state index contributed by atoms with van der Waals surface area (Å²) in [4.78, 5) is 12.1. The molecule has 1 saturated heterocycles. The highest BCUT2D eigenvalue weighted by atomic mass is 16.6. The zero-order valence-corrected chi connectivity index (χ0v) is 13.3. The van der Waals surface area contributed by atoms with Crippen LogP contribution in [0.25, 0.3) is 21.5 Å². The maximum atomic E-state index is 12.1. The highest BCUT2D eigenvalue weighted by Gasteiger charge is 2.14. The Morgan fingerprint density at radius 3 is 2.50 bits per heavy atom. The first kappa shape index (κ1) is 14.9. The van der Waals surface area contributed by atoms with Gasteiger partial charge >= 0.3 is 6.09 Å². The Kier molecular flexibility index (Phi) is 4.02. The molecule has 4 rings (SSSR count). The Hall–Kier alpha value is -2.63. The predicted molar refractivity (Wildman–Crippen MR) is 95.1 cm³/mol. The molecule has 0 unspecified atom stereocenters. The lowest BCUT2D eigenvalue weighted by Crippen LogP contribution is -2.52. The Balaban J connectivity index is 1.57. The fraction of sp³-hybridized carbons (Fsp3) is 0.211. The summed E-state index contributed by atoms with van der Waals surface area (Å²) < 4.78 is 5.46. The quantitative estimate of drug-likeness (QED) is 0.713. The maximum Gasteiger partial charge on any atom is 0.427 e. The van der Waals surface area contributed by atoms with Gasteiger partial charge in [0.15, 0.2) is 0 Å². The molecule has 1 aliphatic rings. The second-order valence-electron chi connectivity index (χ2n) is 5.91. The Bertz CT molecular complexity index is 888. The molecule has 5 nitrogen and oxygen atoms in total. The molecule has 1 fully saturated rings. The molecule has 2 N–H and O–H groups in total. The van der Waals surface area contributed by atoms with E-state index in [1.807, 2.05) is 35.3 Å². The number of nitrogens with zero attached hydrogens (tertiary/aromatic N) is 1. The average Bonchev–Trinajstić information content (AvgIpc) is 2.62. The SMILES string of the molecule is O=C(NN1CCNCC1)Oc1ccc2ccc3ccccc3c2c1. The van der Waals surface area contributed by atoms with E-state index < -0.39 is 6.09 Å². The summed E-state index contributed by atoms with van der Waals surface area (Å²) >= 11 is 0. The molecule has 1 amide bonds. The first-order valence-electron chi connectivity index (χ1n) is 8.15. The molecule has 0 saturated carbocycles. The van der Waals surface area contributed by atoms with Crippen LogP contribution < -0.4 is 15.5 Å². The lowest BCUT2D eigenvalue weighted by molar-refractivity contribution is 0.134. The van der Waals surface area contributed by atoms with Crippen molar-refractivity contribution < 1.29 is 9.53 Å². The van der Waals surface area contributed by atoms with Crippen molar-refractivity contribution in [1.29, 1.82) is 0 Å². The lowest BCUT2D eigenvalue weighted by atomic mass is 10.0. The number of ether oxygens (including phenoxy) is 1. The number of rotatable bonds is 2.